The first-order valence-electron chi connectivity index (χ1n) is 8.09. The maximum absolute atomic E-state index is 12.3. The highest BCUT2D eigenvalue weighted by atomic mass is 32.1. The first kappa shape index (κ1) is 17.7. The Morgan fingerprint density at radius 2 is 1.31 bits per heavy atom. The van der Waals surface area contributed by atoms with Gasteiger partial charge in [0.1, 0.15) is 0 Å². The topological polar surface area (TPSA) is 73.4 Å². The smallest absolute Gasteiger partial charge is 0.279 e. The molecule has 0 unspecified atom stereocenters. The maximum Gasteiger partial charge on any atom is 0.279 e. The molecular formula is C20H18N4OS. The molecule has 2 aromatic carbocycles. The number of hydrogen-bond donors (Lipinski definition) is 2. The van der Waals surface area contributed by atoms with Gasteiger partial charge in [-0.2, -0.15) is 0 Å². The molecular weight excluding hydrogens is 344 g/mol. The van der Waals surface area contributed by atoms with Crippen LogP contribution >= 0.6 is 12.2 Å². The summed E-state index contributed by atoms with van der Waals surface area (Å²) in [5, 5.41) is 0. The maximum atomic E-state index is 12.3. The van der Waals surface area contributed by atoms with E-state index in [1.54, 1.807) is 12.4 Å². The Balaban J connectivity index is 1.97. The van der Waals surface area contributed by atoms with Gasteiger partial charge in [-0.3, -0.25) is 9.78 Å². The molecule has 0 fully saturated rings. The van der Waals surface area contributed by atoms with E-state index in [2.05, 4.69) is 20.0 Å². The third-order valence-corrected chi connectivity index (χ3v) is 3.94. The number of aromatic nitrogens is 2. The molecule has 0 saturated heterocycles. The molecule has 6 heteroatoms. The van der Waals surface area contributed by atoms with Crippen LogP contribution in [0.2, 0.25) is 0 Å². The van der Waals surface area contributed by atoms with E-state index in [-0.39, 0.29) is 16.0 Å². The standard InChI is InChI=1S/C20H18N4OS/c1-13-3-7-15(8-4-13)11-21-17-18(23-20(26)24-19(17)25)22-12-16-9-5-14(2)6-10-16/h3-12H,1-2H3,(H2,23,24,25,26)/b21-11?,22-12+. The Morgan fingerprint density at radius 3 is 1.85 bits per heavy atom. The molecule has 3 aromatic rings. The van der Waals surface area contributed by atoms with E-state index in [0.717, 1.165) is 16.7 Å². The van der Waals surface area contributed by atoms with Gasteiger partial charge in [-0.15, -0.1) is 0 Å². The van der Waals surface area contributed by atoms with Crippen LogP contribution in [0.4, 0.5) is 11.5 Å². The predicted molar refractivity (Wildman–Crippen MR) is 109 cm³/mol. The minimum Gasteiger partial charge on any atom is -0.315 e. The Bertz CT molecular complexity index is 1070. The predicted octanol–water partition coefficient (Wildman–Crippen LogP) is 4.55. The van der Waals surface area contributed by atoms with Gasteiger partial charge in [0, 0.05) is 12.4 Å². The second kappa shape index (κ2) is 7.84. The minimum atomic E-state index is -0.381. The van der Waals surface area contributed by atoms with E-state index in [1.165, 1.54) is 5.56 Å². The molecule has 0 radical (unpaired) electrons. The third kappa shape index (κ3) is 4.49. The summed E-state index contributed by atoms with van der Waals surface area (Å²) in [6, 6.07) is 15.8. The Hall–Kier alpha value is -3.12. The molecule has 130 valence electrons. The Kier molecular flexibility index (Phi) is 5.34. The molecule has 26 heavy (non-hydrogen) atoms. The van der Waals surface area contributed by atoms with E-state index >= 15 is 0 Å². The lowest BCUT2D eigenvalue weighted by atomic mass is 10.2. The second-order valence-electron chi connectivity index (χ2n) is 5.94. The van der Waals surface area contributed by atoms with E-state index < -0.39 is 0 Å². The molecule has 0 aliphatic carbocycles. The van der Waals surface area contributed by atoms with Crippen molar-refractivity contribution in [2.45, 2.75) is 13.8 Å². The fraction of sp³-hybridized carbons (Fsp3) is 0.100. The molecule has 0 amide bonds. The van der Waals surface area contributed by atoms with Crippen LogP contribution in [0.3, 0.4) is 0 Å². The molecule has 0 atom stereocenters. The van der Waals surface area contributed by atoms with Crippen molar-refractivity contribution in [1.82, 2.24) is 9.97 Å². The van der Waals surface area contributed by atoms with Gasteiger partial charge in [0.25, 0.3) is 5.56 Å². The zero-order valence-electron chi connectivity index (χ0n) is 14.5. The van der Waals surface area contributed by atoms with E-state index in [9.17, 15) is 4.79 Å². The zero-order chi connectivity index (χ0) is 18.5. The first-order chi connectivity index (χ1) is 12.5. The zero-order valence-corrected chi connectivity index (χ0v) is 15.3. The van der Waals surface area contributed by atoms with Gasteiger partial charge in [-0.1, -0.05) is 59.7 Å². The van der Waals surface area contributed by atoms with Gasteiger partial charge >= 0.3 is 0 Å². The van der Waals surface area contributed by atoms with Crippen molar-refractivity contribution in [2.24, 2.45) is 9.98 Å². The number of aromatic amines is 2. The van der Waals surface area contributed by atoms with Crippen LogP contribution in [-0.4, -0.2) is 22.4 Å². The van der Waals surface area contributed by atoms with E-state index in [1.807, 2.05) is 62.4 Å². The Morgan fingerprint density at radius 1 is 0.808 bits per heavy atom. The van der Waals surface area contributed by atoms with E-state index in [4.69, 9.17) is 12.2 Å². The lowest BCUT2D eigenvalue weighted by Gasteiger charge is -2.01. The highest BCUT2D eigenvalue weighted by molar-refractivity contribution is 7.71. The summed E-state index contributed by atoms with van der Waals surface area (Å²) in [4.78, 5) is 26.4. The summed E-state index contributed by atoms with van der Waals surface area (Å²) in [7, 11) is 0. The van der Waals surface area contributed by atoms with Crippen LogP contribution in [0.15, 0.2) is 63.3 Å². The van der Waals surface area contributed by atoms with Crippen molar-refractivity contribution in [1.29, 1.82) is 0 Å². The van der Waals surface area contributed by atoms with Crippen LogP contribution in [-0.2, 0) is 0 Å². The van der Waals surface area contributed by atoms with Crippen LogP contribution in [0.5, 0.6) is 0 Å². The summed E-state index contributed by atoms with van der Waals surface area (Å²) in [5.74, 6) is 0.322. The molecule has 1 heterocycles. The molecule has 0 aliphatic rings. The normalized spacial score (nSPS) is 11.5. The number of nitrogens with zero attached hydrogens (tertiary/aromatic N) is 2. The van der Waals surface area contributed by atoms with Crippen LogP contribution in [0.25, 0.3) is 0 Å². The average Bonchev–Trinajstić information content (AvgIpc) is 2.62. The minimum absolute atomic E-state index is 0.183. The summed E-state index contributed by atoms with van der Waals surface area (Å²) in [6.07, 6.45) is 3.30. The van der Waals surface area contributed by atoms with Crippen LogP contribution in [0, 0.1) is 18.6 Å². The van der Waals surface area contributed by atoms with E-state index in [0.29, 0.717) is 5.82 Å². The number of aliphatic imine (C=N–C) groups is 2. The van der Waals surface area contributed by atoms with Crippen LogP contribution in [0.1, 0.15) is 22.3 Å². The lowest BCUT2D eigenvalue weighted by molar-refractivity contribution is 1.07. The second-order valence-corrected chi connectivity index (χ2v) is 6.35. The fourth-order valence-electron chi connectivity index (χ4n) is 2.26. The number of aryl methyl sites for hydroxylation is 2. The third-order valence-electron chi connectivity index (χ3n) is 3.74. The van der Waals surface area contributed by atoms with Gasteiger partial charge < -0.3 is 4.98 Å². The van der Waals surface area contributed by atoms with Crippen molar-refractivity contribution < 1.29 is 0 Å². The van der Waals surface area contributed by atoms with Gasteiger partial charge in [0.15, 0.2) is 16.3 Å². The van der Waals surface area contributed by atoms with Crippen molar-refractivity contribution in [3.63, 3.8) is 0 Å². The summed E-state index contributed by atoms with van der Waals surface area (Å²) < 4.78 is 0.209. The summed E-state index contributed by atoms with van der Waals surface area (Å²) >= 11 is 5.05. The van der Waals surface area contributed by atoms with Gasteiger partial charge in [-0.05, 0) is 37.2 Å². The molecule has 0 bridgehead atoms. The summed E-state index contributed by atoms with van der Waals surface area (Å²) in [5.41, 5.74) is 3.94. The van der Waals surface area contributed by atoms with Crippen LogP contribution < -0.4 is 5.56 Å². The largest absolute Gasteiger partial charge is 0.315 e. The number of benzene rings is 2. The summed E-state index contributed by atoms with van der Waals surface area (Å²) in [6.45, 7) is 4.04. The Labute approximate surface area is 156 Å². The monoisotopic (exact) mass is 362 g/mol. The fourth-order valence-corrected chi connectivity index (χ4v) is 2.45. The number of nitrogens with one attached hydrogen (secondary N) is 2. The van der Waals surface area contributed by atoms with Crippen molar-refractivity contribution in [3.8, 4) is 0 Å². The molecule has 5 nitrogen and oxygen atoms in total. The van der Waals surface area contributed by atoms with Crippen molar-refractivity contribution in [2.75, 3.05) is 0 Å². The first-order valence-corrected chi connectivity index (χ1v) is 8.50. The van der Waals surface area contributed by atoms with Crippen molar-refractivity contribution in [3.05, 3.63) is 85.9 Å². The highest BCUT2D eigenvalue weighted by Crippen LogP contribution is 2.20. The molecule has 1 aromatic heterocycles. The lowest BCUT2D eigenvalue weighted by Crippen LogP contribution is -2.07. The SMILES string of the molecule is Cc1ccc(C=Nc2c(/N=C/c3ccc(C)cc3)[nH]c(=S)[nH]c2=O)cc1. The molecule has 0 aliphatic heterocycles. The van der Waals surface area contributed by atoms with Gasteiger partial charge in [-0.25, -0.2) is 9.98 Å². The molecule has 0 saturated carbocycles. The quantitative estimate of drug-likeness (QED) is 0.528. The van der Waals surface area contributed by atoms with Gasteiger partial charge in [0.2, 0.25) is 0 Å². The molecule has 2 N–H and O–H groups in total. The number of rotatable bonds is 4. The van der Waals surface area contributed by atoms with Gasteiger partial charge in [0.05, 0.1) is 0 Å². The highest BCUT2D eigenvalue weighted by Gasteiger charge is 2.05. The van der Waals surface area contributed by atoms with Crippen molar-refractivity contribution >= 4 is 36.2 Å². The molecule has 0 spiro atoms. The number of hydrogen-bond acceptors (Lipinski definition) is 4. The molecule has 3 rings (SSSR count). The number of H-pyrrole nitrogens is 2. The average molecular weight is 362 g/mol.